The van der Waals surface area contributed by atoms with Crippen molar-refractivity contribution in [2.45, 2.75) is 26.8 Å². The number of para-hydroxylation sites is 1. The van der Waals surface area contributed by atoms with Crippen LogP contribution in [0.3, 0.4) is 0 Å². The highest BCUT2D eigenvalue weighted by Crippen LogP contribution is 2.31. The molecule has 2 aromatic rings. The van der Waals surface area contributed by atoms with Crippen molar-refractivity contribution < 1.29 is 9.53 Å². The zero-order valence-electron chi connectivity index (χ0n) is 16.9. The lowest BCUT2D eigenvalue weighted by Crippen LogP contribution is -2.42. The molecule has 1 saturated heterocycles. The van der Waals surface area contributed by atoms with Gasteiger partial charge in [0.25, 0.3) is 0 Å². The molecule has 1 atom stereocenters. The summed E-state index contributed by atoms with van der Waals surface area (Å²) in [5.74, 6) is 1.77. The molecule has 5 heteroatoms. The van der Waals surface area contributed by atoms with E-state index in [4.69, 9.17) is 4.74 Å². The Bertz CT molecular complexity index is 835. The van der Waals surface area contributed by atoms with Crippen LogP contribution in [0.15, 0.2) is 59.6 Å². The summed E-state index contributed by atoms with van der Waals surface area (Å²) in [6.45, 7) is 6.97. The van der Waals surface area contributed by atoms with Gasteiger partial charge in [0, 0.05) is 25.8 Å². The maximum Gasteiger partial charge on any atom is 0.227 e. The first-order valence-corrected chi connectivity index (χ1v) is 9.73. The number of amides is 1. The number of carbonyl (C=O) groups is 1. The molecule has 0 spiro atoms. The maximum atomic E-state index is 12.6. The van der Waals surface area contributed by atoms with Gasteiger partial charge in [-0.15, -0.1) is 0 Å². The van der Waals surface area contributed by atoms with E-state index in [1.807, 2.05) is 49.4 Å². The van der Waals surface area contributed by atoms with Crippen molar-refractivity contribution in [3.63, 3.8) is 0 Å². The van der Waals surface area contributed by atoms with Gasteiger partial charge in [-0.3, -0.25) is 14.7 Å². The molecule has 0 aliphatic carbocycles. The smallest absolute Gasteiger partial charge is 0.227 e. The molecule has 0 radical (unpaired) electrons. The monoisotopic (exact) mass is 379 g/mol. The third kappa shape index (κ3) is 5.20. The first kappa shape index (κ1) is 20.1. The molecule has 1 aliphatic heterocycles. The van der Waals surface area contributed by atoms with Gasteiger partial charge < -0.3 is 10.1 Å². The van der Waals surface area contributed by atoms with Gasteiger partial charge in [0.2, 0.25) is 5.91 Å². The second-order valence-electron chi connectivity index (χ2n) is 7.73. The maximum absolute atomic E-state index is 12.6. The predicted octanol–water partition coefficient (Wildman–Crippen LogP) is 3.90. The Kier molecular flexibility index (Phi) is 6.47. The molecule has 148 valence electrons. The van der Waals surface area contributed by atoms with Gasteiger partial charge in [-0.25, -0.2) is 0 Å². The number of carbonyl (C=O) groups excluding carboxylic acids is 1. The average molecular weight is 380 g/mol. The molecule has 2 aromatic carbocycles. The summed E-state index contributed by atoms with van der Waals surface area (Å²) in [5.41, 5.74) is 1.76. The van der Waals surface area contributed by atoms with Crippen molar-refractivity contribution in [3.05, 3.63) is 60.2 Å². The molecule has 28 heavy (non-hydrogen) atoms. The second kappa shape index (κ2) is 9.02. The van der Waals surface area contributed by atoms with Crippen LogP contribution >= 0.6 is 0 Å². The summed E-state index contributed by atoms with van der Waals surface area (Å²) in [5, 5.41) is 3.02. The van der Waals surface area contributed by atoms with E-state index in [9.17, 15) is 4.79 Å². The Morgan fingerprint density at radius 2 is 1.93 bits per heavy atom. The lowest BCUT2D eigenvalue weighted by atomic mass is 9.88. The van der Waals surface area contributed by atoms with E-state index in [-0.39, 0.29) is 11.3 Å². The Balaban J connectivity index is 1.58. The summed E-state index contributed by atoms with van der Waals surface area (Å²) in [4.78, 5) is 19.1. The number of ether oxygens (including phenoxy) is 1. The van der Waals surface area contributed by atoms with Crippen molar-refractivity contribution in [3.8, 4) is 11.5 Å². The van der Waals surface area contributed by atoms with Crippen molar-refractivity contribution in [2.75, 3.05) is 26.7 Å². The first-order valence-electron chi connectivity index (χ1n) is 9.73. The summed E-state index contributed by atoms with van der Waals surface area (Å²) in [6.07, 6.45) is 0.862. The van der Waals surface area contributed by atoms with Gasteiger partial charge in [-0.05, 0) is 56.6 Å². The summed E-state index contributed by atoms with van der Waals surface area (Å²) in [7, 11) is 1.75. The zero-order chi connectivity index (χ0) is 20.0. The minimum absolute atomic E-state index is 0.110. The normalized spacial score (nSPS) is 20.2. The fourth-order valence-corrected chi connectivity index (χ4v) is 3.47. The number of rotatable bonds is 7. The number of aliphatic imine (C=N–C) groups is 1. The number of hydrogen-bond donors (Lipinski definition) is 1. The number of benzene rings is 2. The highest BCUT2D eigenvalue weighted by atomic mass is 16.5. The second-order valence-corrected chi connectivity index (χ2v) is 7.73. The van der Waals surface area contributed by atoms with Crippen LogP contribution in [0, 0.1) is 5.41 Å². The lowest BCUT2D eigenvalue weighted by Gasteiger charge is -2.24. The van der Waals surface area contributed by atoms with Crippen molar-refractivity contribution in [1.29, 1.82) is 0 Å². The predicted molar refractivity (Wildman–Crippen MR) is 113 cm³/mol. The molecule has 0 saturated carbocycles. The van der Waals surface area contributed by atoms with Crippen LogP contribution in [0.5, 0.6) is 11.5 Å². The average Bonchev–Trinajstić information content (AvgIpc) is 3.08. The van der Waals surface area contributed by atoms with Crippen LogP contribution in [-0.4, -0.2) is 43.2 Å². The number of nitrogens with zero attached hydrogens (tertiary/aromatic N) is 2. The minimum Gasteiger partial charge on any atom is -0.457 e. The molecule has 1 unspecified atom stereocenters. The molecular formula is C23H29N3O2. The highest BCUT2D eigenvalue weighted by Gasteiger charge is 2.40. The number of hydrogen-bond acceptors (Lipinski definition) is 4. The van der Waals surface area contributed by atoms with Crippen LogP contribution in [0.4, 0.5) is 0 Å². The minimum atomic E-state index is -0.355. The van der Waals surface area contributed by atoms with Gasteiger partial charge in [0.15, 0.2) is 0 Å². The molecule has 1 amide bonds. The van der Waals surface area contributed by atoms with E-state index in [2.05, 4.69) is 34.3 Å². The van der Waals surface area contributed by atoms with Crippen LogP contribution in [0.2, 0.25) is 0 Å². The van der Waals surface area contributed by atoms with E-state index in [1.165, 1.54) is 5.56 Å². The SMILES string of the molecule is CN=C(C)CNC(=O)C1(C)CCN(Cc2cccc(Oc3ccccc3)c2)C1. The molecule has 3 rings (SSSR count). The summed E-state index contributed by atoms with van der Waals surface area (Å²) in [6, 6.07) is 18.0. The van der Waals surface area contributed by atoms with Gasteiger partial charge in [0.1, 0.15) is 11.5 Å². The molecule has 0 aromatic heterocycles. The van der Waals surface area contributed by atoms with Gasteiger partial charge in [-0.1, -0.05) is 30.3 Å². The summed E-state index contributed by atoms with van der Waals surface area (Å²) < 4.78 is 5.93. The fraction of sp³-hybridized carbons (Fsp3) is 0.391. The van der Waals surface area contributed by atoms with Crippen LogP contribution in [-0.2, 0) is 11.3 Å². The molecule has 1 aliphatic rings. The van der Waals surface area contributed by atoms with E-state index in [1.54, 1.807) is 7.05 Å². The fourth-order valence-electron chi connectivity index (χ4n) is 3.47. The van der Waals surface area contributed by atoms with Gasteiger partial charge in [-0.2, -0.15) is 0 Å². The van der Waals surface area contributed by atoms with Crippen molar-refractivity contribution in [1.82, 2.24) is 10.2 Å². The van der Waals surface area contributed by atoms with Crippen LogP contribution < -0.4 is 10.1 Å². The van der Waals surface area contributed by atoms with Crippen LogP contribution in [0.1, 0.15) is 25.8 Å². The Hall–Kier alpha value is -2.66. The van der Waals surface area contributed by atoms with E-state index in [0.29, 0.717) is 6.54 Å². The first-order chi connectivity index (χ1) is 13.5. The topological polar surface area (TPSA) is 53.9 Å². The van der Waals surface area contributed by atoms with Crippen LogP contribution in [0.25, 0.3) is 0 Å². The number of nitrogens with one attached hydrogen (secondary N) is 1. The van der Waals surface area contributed by atoms with Crippen molar-refractivity contribution in [2.24, 2.45) is 10.4 Å². The highest BCUT2D eigenvalue weighted by molar-refractivity contribution is 5.90. The largest absolute Gasteiger partial charge is 0.457 e. The molecule has 1 N–H and O–H groups in total. The quantitative estimate of drug-likeness (QED) is 0.743. The third-order valence-corrected chi connectivity index (χ3v) is 5.27. The molecule has 1 heterocycles. The summed E-state index contributed by atoms with van der Waals surface area (Å²) >= 11 is 0. The molecular weight excluding hydrogens is 350 g/mol. The van der Waals surface area contributed by atoms with Gasteiger partial charge in [0.05, 0.1) is 12.0 Å². The lowest BCUT2D eigenvalue weighted by molar-refractivity contribution is -0.129. The van der Waals surface area contributed by atoms with Gasteiger partial charge >= 0.3 is 0 Å². The Morgan fingerprint density at radius 3 is 2.68 bits per heavy atom. The molecule has 5 nitrogen and oxygen atoms in total. The Morgan fingerprint density at radius 1 is 1.18 bits per heavy atom. The van der Waals surface area contributed by atoms with Crippen molar-refractivity contribution >= 4 is 11.6 Å². The Labute approximate surface area is 167 Å². The van der Waals surface area contributed by atoms with E-state index >= 15 is 0 Å². The van der Waals surface area contributed by atoms with E-state index < -0.39 is 0 Å². The molecule has 0 bridgehead atoms. The zero-order valence-corrected chi connectivity index (χ0v) is 16.9. The molecule has 1 fully saturated rings. The van der Waals surface area contributed by atoms with E-state index in [0.717, 1.165) is 43.3 Å². The number of likely N-dealkylation sites (tertiary alicyclic amines) is 1. The standard InChI is InChI=1S/C23H29N3O2/c1-18(24-3)15-25-22(27)23(2)12-13-26(17-23)16-19-8-7-11-21(14-19)28-20-9-5-4-6-10-20/h4-11,14H,12-13,15-17H2,1-3H3,(H,25,27). The third-order valence-electron chi connectivity index (χ3n) is 5.27.